The average Bonchev–Trinajstić information content (AvgIpc) is 2.77. The van der Waals surface area contributed by atoms with Gasteiger partial charge in [0.25, 0.3) is 5.91 Å². The lowest BCUT2D eigenvalue weighted by Gasteiger charge is -2.26. The van der Waals surface area contributed by atoms with Gasteiger partial charge in [0.15, 0.2) is 0 Å². The van der Waals surface area contributed by atoms with Gasteiger partial charge in [-0.15, -0.1) is 0 Å². The summed E-state index contributed by atoms with van der Waals surface area (Å²) in [6.45, 7) is 7.02. The SMILES string of the molecule is CC(C)C(NC(=O)c1ccccc1F)C(=O)Nc1ccc(CCN2CCSCC2)cc1. The highest BCUT2D eigenvalue weighted by Crippen LogP contribution is 2.15. The van der Waals surface area contributed by atoms with E-state index in [0.717, 1.165) is 26.1 Å². The molecule has 1 aliphatic heterocycles. The van der Waals surface area contributed by atoms with Gasteiger partial charge in [-0.3, -0.25) is 9.59 Å². The number of benzene rings is 2. The highest BCUT2D eigenvalue weighted by molar-refractivity contribution is 7.99. The summed E-state index contributed by atoms with van der Waals surface area (Å²) in [6.07, 6.45) is 0.978. The van der Waals surface area contributed by atoms with E-state index in [2.05, 4.69) is 15.5 Å². The van der Waals surface area contributed by atoms with Gasteiger partial charge in [0.1, 0.15) is 11.9 Å². The smallest absolute Gasteiger partial charge is 0.254 e. The first-order valence-electron chi connectivity index (χ1n) is 10.7. The van der Waals surface area contributed by atoms with Crippen LogP contribution in [0.5, 0.6) is 0 Å². The van der Waals surface area contributed by atoms with E-state index in [0.29, 0.717) is 5.69 Å². The Bertz CT molecular complexity index is 883. The van der Waals surface area contributed by atoms with Crippen LogP contribution in [0.15, 0.2) is 48.5 Å². The number of hydrogen-bond donors (Lipinski definition) is 2. The Kier molecular flexibility index (Phi) is 8.49. The van der Waals surface area contributed by atoms with Crippen LogP contribution in [0.3, 0.4) is 0 Å². The highest BCUT2D eigenvalue weighted by atomic mass is 32.2. The molecular formula is C24H30FN3O2S. The molecule has 1 atom stereocenters. The van der Waals surface area contributed by atoms with E-state index in [1.807, 2.05) is 49.9 Å². The number of amides is 2. The molecule has 1 saturated heterocycles. The highest BCUT2D eigenvalue weighted by Gasteiger charge is 2.25. The number of hydrogen-bond acceptors (Lipinski definition) is 4. The molecule has 31 heavy (non-hydrogen) atoms. The van der Waals surface area contributed by atoms with Crippen LogP contribution in [0.4, 0.5) is 10.1 Å². The van der Waals surface area contributed by atoms with E-state index in [9.17, 15) is 14.0 Å². The van der Waals surface area contributed by atoms with Gasteiger partial charge in [-0.25, -0.2) is 4.39 Å². The zero-order chi connectivity index (χ0) is 22.2. The fraction of sp³-hybridized carbons (Fsp3) is 0.417. The van der Waals surface area contributed by atoms with E-state index >= 15 is 0 Å². The van der Waals surface area contributed by atoms with Crippen molar-refractivity contribution in [3.05, 3.63) is 65.5 Å². The molecule has 7 heteroatoms. The number of nitrogens with zero attached hydrogens (tertiary/aromatic N) is 1. The average molecular weight is 444 g/mol. The molecule has 0 radical (unpaired) electrons. The van der Waals surface area contributed by atoms with Gasteiger partial charge in [0.05, 0.1) is 5.56 Å². The fourth-order valence-corrected chi connectivity index (χ4v) is 4.46. The normalized spacial score (nSPS) is 15.5. The summed E-state index contributed by atoms with van der Waals surface area (Å²) < 4.78 is 13.9. The minimum absolute atomic E-state index is 0.0717. The molecule has 166 valence electrons. The Labute approximate surface area is 187 Å². The molecule has 2 amide bonds. The van der Waals surface area contributed by atoms with E-state index in [4.69, 9.17) is 0 Å². The molecule has 5 nitrogen and oxygen atoms in total. The molecule has 1 aliphatic rings. The van der Waals surface area contributed by atoms with Crippen LogP contribution in [0.1, 0.15) is 29.8 Å². The third kappa shape index (κ3) is 6.80. The second kappa shape index (κ2) is 11.3. The quantitative estimate of drug-likeness (QED) is 0.651. The molecular weight excluding hydrogens is 413 g/mol. The van der Waals surface area contributed by atoms with Crippen LogP contribution in [-0.2, 0) is 11.2 Å². The maximum Gasteiger partial charge on any atom is 0.254 e. The zero-order valence-corrected chi connectivity index (χ0v) is 18.9. The topological polar surface area (TPSA) is 61.4 Å². The van der Waals surface area contributed by atoms with Gasteiger partial charge >= 0.3 is 0 Å². The maximum atomic E-state index is 13.9. The van der Waals surface area contributed by atoms with Crippen molar-refractivity contribution < 1.29 is 14.0 Å². The molecule has 0 saturated carbocycles. The number of anilines is 1. The third-order valence-corrected chi connectivity index (χ3v) is 6.34. The van der Waals surface area contributed by atoms with Crippen molar-refractivity contribution >= 4 is 29.3 Å². The maximum absolute atomic E-state index is 13.9. The molecule has 3 rings (SSSR count). The van der Waals surface area contributed by atoms with Gasteiger partial charge in [-0.2, -0.15) is 11.8 Å². The van der Waals surface area contributed by atoms with Crippen molar-refractivity contribution in [1.82, 2.24) is 10.2 Å². The number of carbonyl (C=O) groups is 2. The van der Waals surface area contributed by atoms with Gasteiger partial charge in [-0.05, 0) is 42.2 Å². The first kappa shape index (κ1) is 23.3. The minimum Gasteiger partial charge on any atom is -0.340 e. The minimum atomic E-state index is -0.774. The summed E-state index contributed by atoms with van der Waals surface area (Å²) in [5.41, 5.74) is 1.83. The second-order valence-corrected chi connectivity index (χ2v) is 9.29. The van der Waals surface area contributed by atoms with Gasteiger partial charge < -0.3 is 15.5 Å². The number of nitrogens with one attached hydrogen (secondary N) is 2. The van der Waals surface area contributed by atoms with Crippen LogP contribution < -0.4 is 10.6 Å². The van der Waals surface area contributed by atoms with E-state index < -0.39 is 17.8 Å². The second-order valence-electron chi connectivity index (χ2n) is 8.07. The first-order valence-corrected chi connectivity index (χ1v) is 11.8. The molecule has 1 fully saturated rings. The Hall–Kier alpha value is -2.38. The Morgan fingerprint density at radius 1 is 1.06 bits per heavy atom. The van der Waals surface area contributed by atoms with E-state index in [1.165, 1.54) is 35.3 Å². The summed E-state index contributed by atoms with van der Waals surface area (Å²) in [7, 11) is 0. The monoisotopic (exact) mass is 443 g/mol. The van der Waals surface area contributed by atoms with Crippen LogP contribution >= 0.6 is 11.8 Å². The Balaban J connectivity index is 1.56. The van der Waals surface area contributed by atoms with Crippen molar-refractivity contribution in [2.24, 2.45) is 5.92 Å². The Morgan fingerprint density at radius 2 is 1.74 bits per heavy atom. The van der Waals surface area contributed by atoms with Crippen LogP contribution in [0, 0.1) is 11.7 Å². The predicted molar refractivity (Wildman–Crippen MR) is 125 cm³/mol. The largest absolute Gasteiger partial charge is 0.340 e. The molecule has 1 heterocycles. The van der Waals surface area contributed by atoms with E-state index in [-0.39, 0.29) is 17.4 Å². The predicted octanol–water partition coefficient (Wildman–Crippen LogP) is 3.81. The molecule has 0 spiro atoms. The van der Waals surface area contributed by atoms with Gasteiger partial charge in [-0.1, -0.05) is 38.1 Å². The first-order chi connectivity index (χ1) is 14.9. The van der Waals surface area contributed by atoms with Crippen LogP contribution in [-0.4, -0.2) is 53.9 Å². The Morgan fingerprint density at radius 3 is 2.39 bits per heavy atom. The van der Waals surface area contributed by atoms with Crippen molar-refractivity contribution in [1.29, 1.82) is 0 Å². The number of thioether (sulfide) groups is 1. The van der Waals surface area contributed by atoms with Crippen molar-refractivity contribution in [2.75, 3.05) is 36.5 Å². The van der Waals surface area contributed by atoms with Crippen molar-refractivity contribution in [3.8, 4) is 0 Å². The summed E-state index contributed by atoms with van der Waals surface area (Å²) in [5.74, 6) is 0.724. The number of halogens is 1. The molecule has 2 aromatic rings. The van der Waals surface area contributed by atoms with Crippen LogP contribution in [0.25, 0.3) is 0 Å². The zero-order valence-electron chi connectivity index (χ0n) is 18.1. The standard InChI is InChI=1S/C24H30FN3O2S/c1-17(2)22(27-23(29)20-5-3-4-6-21(20)25)24(30)26-19-9-7-18(8-10-19)11-12-28-13-15-31-16-14-28/h3-10,17,22H,11-16H2,1-2H3,(H,26,30)(H,27,29). The third-order valence-electron chi connectivity index (χ3n) is 5.40. The number of rotatable bonds is 8. The van der Waals surface area contributed by atoms with Gasteiger partial charge in [0.2, 0.25) is 5.91 Å². The van der Waals surface area contributed by atoms with Gasteiger partial charge in [0, 0.05) is 36.8 Å². The summed E-state index contributed by atoms with van der Waals surface area (Å²) in [4.78, 5) is 27.7. The number of carbonyl (C=O) groups excluding carboxylic acids is 2. The fourth-order valence-electron chi connectivity index (χ4n) is 3.49. The molecule has 0 aromatic heterocycles. The lowest BCUT2D eigenvalue weighted by Crippen LogP contribution is -2.47. The molecule has 0 bridgehead atoms. The lowest BCUT2D eigenvalue weighted by atomic mass is 10.0. The van der Waals surface area contributed by atoms with E-state index in [1.54, 1.807) is 6.07 Å². The lowest BCUT2D eigenvalue weighted by molar-refractivity contribution is -0.118. The molecule has 2 aromatic carbocycles. The summed E-state index contributed by atoms with van der Waals surface area (Å²) >= 11 is 2.01. The van der Waals surface area contributed by atoms with Crippen molar-refractivity contribution in [2.45, 2.75) is 26.3 Å². The summed E-state index contributed by atoms with van der Waals surface area (Å²) in [5, 5.41) is 5.53. The summed E-state index contributed by atoms with van der Waals surface area (Å²) in [6, 6.07) is 12.8. The van der Waals surface area contributed by atoms with Crippen molar-refractivity contribution in [3.63, 3.8) is 0 Å². The van der Waals surface area contributed by atoms with Crippen LogP contribution in [0.2, 0.25) is 0 Å². The molecule has 1 unspecified atom stereocenters. The molecule has 0 aliphatic carbocycles. The molecule has 2 N–H and O–H groups in total.